The summed E-state index contributed by atoms with van der Waals surface area (Å²) in [6.07, 6.45) is 1.33. The number of aromatic nitrogens is 1. The average molecular weight is 293 g/mol. The van der Waals surface area contributed by atoms with E-state index >= 15 is 0 Å². The minimum absolute atomic E-state index is 0.0136. The molecule has 0 spiro atoms. The minimum Gasteiger partial charge on any atom is -0.478 e. The van der Waals surface area contributed by atoms with E-state index in [1.807, 2.05) is 6.92 Å². The van der Waals surface area contributed by atoms with Crippen LogP contribution >= 0.6 is 0 Å². The summed E-state index contributed by atoms with van der Waals surface area (Å²) in [6.45, 7) is 1.92. The molecular weight excluding hydrogens is 280 g/mol. The van der Waals surface area contributed by atoms with Crippen LogP contribution in [0.1, 0.15) is 29.4 Å². The van der Waals surface area contributed by atoms with Gasteiger partial charge in [0.1, 0.15) is 0 Å². The Balaban J connectivity index is 2.38. The third-order valence-corrected chi connectivity index (χ3v) is 2.74. The van der Waals surface area contributed by atoms with Crippen LogP contribution in [0.15, 0.2) is 30.3 Å². The molecule has 110 valence electrons. The average Bonchev–Trinajstić information content (AvgIpc) is 2.44. The summed E-state index contributed by atoms with van der Waals surface area (Å²) in [5, 5.41) is 9.05. The molecule has 0 saturated carbocycles. The van der Waals surface area contributed by atoms with Gasteiger partial charge < -0.3 is 9.84 Å². The van der Waals surface area contributed by atoms with Crippen molar-refractivity contribution in [1.29, 1.82) is 0 Å². The first-order valence-corrected chi connectivity index (χ1v) is 6.37. The molecule has 1 N–H and O–H groups in total. The Labute approximate surface area is 120 Å². The second kappa shape index (κ2) is 6.30. The Kier molecular flexibility index (Phi) is 4.47. The van der Waals surface area contributed by atoms with E-state index in [4.69, 9.17) is 9.84 Å². The van der Waals surface area contributed by atoms with E-state index in [1.165, 1.54) is 24.3 Å². The van der Waals surface area contributed by atoms with Gasteiger partial charge in [-0.1, -0.05) is 19.4 Å². The molecule has 4 nitrogen and oxygen atoms in total. The van der Waals surface area contributed by atoms with E-state index in [2.05, 4.69) is 4.98 Å². The highest BCUT2D eigenvalue weighted by molar-refractivity contribution is 5.88. The Morgan fingerprint density at radius 3 is 2.76 bits per heavy atom. The molecule has 0 aliphatic rings. The van der Waals surface area contributed by atoms with Crippen LogP contribution in [0, 0.1) is 11.6 Å². The molecule has 0 amide bonds. The first-order valence-electron chi connectivity index (χ1n) is 6.37. The van der Waals surface area contributed by atoms with Crippen molar-refractivity contribution in [2.45, 2.75) is 19.8 Å². The smallest absolute Gasteiger partial charge is 0.335 e. The molecule has 2 rings (SSSR count). The number of nitrogens with zero attached hydrogens (tertiary/aromatic N) is 1. The van der Waals surface area contributed by atoms with Gasteiger partial charge in [-0.05, 0) is 24.6 Å². The van der Waals surface area contributed by atoms with E-state index in [0.717, 1.165) is 12.5 Å². The van der Waals surface area contributed by atoms with E-state index < -0.39 is 17.6 Å². The molecule has 1 aromatic heterocycles. The van der Waals surface area contributed by atoms with Crippen LogP contribution < -0.4 is 4.74 Å². The predicted octanol–water partition coefficient (Wildman–Crippen LogP) is 3.80. The molecule has 0 atom stereocenters. The summed E-state index contributed by atoms with van der Waals surface area (Å²) in [5.41, 5.74) is 0.504. The maximum atomic E-state index is 13.6. The molecule has 21 heavy (non-hydrogen) atoms. The van der Waals surface area contributed by atoms with Gasteiger partial charge in [-0.2, -0.15) is 4.39 Å². The summed E-state index contributed by atoms with van der Waals surface area (Å²) in [4.78, 5) is 15.2. The zero-order chi connectivity index (χ0) is 15.4. The number of carboxylic acids is 1. The van der Waals surface area contributed by atoms with Crippen LogP contribution in [0.25, 0.3) is 0 Å². The lowest BCUT2D eigenvalue weighted by atomic mass is 10.1. The molecule has 0 bridgehead atoms. The van der Waals surface area contributed by atoms with Gasteiger partial charge in [0.2, 0.25) is 11.7 Å². The Morgan fingerprint density at radius 1 is 1.33 bits per heavy atom. The first kappa shape index (κ1) is 14.9. The fraction of sp³-hybridized carbons (Fsp3) is 0.200. The quantitative estimate of drug-likeness (QED) is 0.910. The summed E-state index contributed by atoms with van der Waals surface area (Å²) in [6, 6.07) is 6.10. The van der Waals surface area contributed by atoms with Gasteiger partial charge in [-0.3, -0.25) is 0 Å². The van der Waals surface area contributed by atoms with Crippen molar-refractivity contribution in [2.24, 2.45) is 0 Å². The molecule has 0 saturated heterocycles. The van der Waals surface area contributed by atoms with Crippen molar-refractivity contribution in [3.63, 3.8) is 0 Å². The molecule has 0 aliphatic heterocycles. The third kappa shape index (κ3) is 3.53. The fourth-order valence-corrected chi connectivity index (χ4v) is 1.80. The molecule has 1 aromatic carbocycles. The number of hydrogen-bond donors (Lipinski definition) is 1. The van der Waals surface area contributed by atoms with E-state index in [-0.39, 0.29) is 17.2 Å². The first-order chi connectivity index (χ1) is 10.0. The van der Waals surface area contributed by atoms with Crippen molar-refractivity contribution in [1.82, 2.24) is 4.98 Å². The van der Waals surface area contributed by atoms with Gasteiger partial charge in [-0.25, -0.2) is 14.2 Å². The van der Waals surface area contributed by atoms with Crippen LogP contribution in [0.2, 0.25) is 0 Å². The normalized spacial score (nSPS) is 10.4. The Morgan fingerprint density at radius 2 is 2.10 bits per heavy atom. The largest absolute Gasteiger partial charge is 0.478 e. The SMILES string of the molecule is CCCc1cc(C(=O)O)cc(Oc2cccc(F)c2F)n1. The molecule has 1 heterocycles. The van der Waals surface area contributed by atoms with E-state index in [9.17, 15) is 13.6 Å². The van der Waals surface area contributed by atoms with Crippen LogP contribution in [-0.2, 0) is 6.42 Å². The number of carbonyl (C=O) groups is 1. The van der Waals surface area contributed by atoms with Gasteiger partial charge in [0.15, 0.2) is 11.6 Å². The van der Waals surface area contributed by atoms with Gasteiger partial charge in [0.25, 0.3) is 0 Å². The second-order valence-corrected chi connectivity index (χ2v) is 4.39. The fourth-order valence-electron chi connectivity index (χ4n) is 1.80. The number of aryl methyl sites for hydroxylation is 1. The number of hydrogen-bond acceptors (Lipinski definition) is 3. The van der Waals surface area contributed by atoms with Crippen molar-refractivity contribution in [3.05, 3.63) is 53.2 Å². The summed E-state index contributed by atoms with van der Waals surface area (Å²) in [7, 11) is 0. The predicted molar refractivity (Wildman–Crippen MR) is 71.6 cm³/mol. The van der Waals surface area contributed by atoms with E-state index in [0.29, 0.717) is 12.1 Å². The number of carboxylic acid groups (broad SMARTS) is 1. The van der Waals surface area contributed by atoms with Crippen LogP contribution in [0.4, 0.5) is 8.78 Å². The lowest BCUT2D eigenvalue weighted by Crippen LogP contribution is -2.02. The topological polar surface area (TPSA) is 59.4 Å². The lowest BCUT2D eigenvalue weighted by molar-refractivity contribution is 0.0696. The zero-order valence-corrected chi connectivity index (χ0v) is 11.3. The molecule has 6 heteroatoms. The standard InChI is InChI=1S/C15H13F2NO3/c1-2-4-10-7-9(15(19)20)8-13(18-10)21-12-6-3-5-11(16)14(12)17/h3,5-8H,2,4H2,1H3,(H,19,20). The maximum Gasteiger partial charge on any atom is 0.335 e. The molecule has 0 radical (unpaired) electrons. The lowest BCUT2D eigenvalue weighted by Gasteiger charge is -2.09. The van der Waals surface area contributed by atoms with Crippen LogP contribution in [0.5, 0.6) is 11.6 Å². The van der Waals surface area contributed by atoms with Gasteiger partial charge in [0, 0.05) is 11.8 Å². The summed E-state index contributed by atoms with van der Waals surface area (Å²) in [5.74, 6) is -3.75. The number of ether oxygens (including phenoxy) is 1. The Hall–Kier alpha value is -2.50. The number of rotatable bonds is 5. The maximum absolute atomic E-state index is 13.6. The number of pyridine rings is 1. The molecular formula is C15H13F2NO3. The van der Waals surface area contributed by atoms with E-state index in [1.54, 1.807) is 0 Å². The minimum atomic E-state index is -1.14. The number of halogens is 2. The van der Waals surface area contributed by atoms with Crippen LogP contribution in [-0.4, -0.2) is 16.1 Å². The molecule has 0 unspecified atom stereocenters. The molecule has 0 aliphatic carbocycles. The zero-order valence-electron chi connectivity index (χ0n) is 11.3. The highest BCUT2D eigenvalue weighted by Gasteiger charge is 2.13. The highest BCUT2D eigenvalue weighted by Crippen LogP contribution is 2.25. The number of benzene rings is 1. The molecule has 0 fully saturated rings. The second-order valence-electron chi connectivity index (χ2n) is 4.39. The van der Waals surface area contributed by atoms with Crippen molar-refractivity contribution in [3.8, 4) is 11.6 Å². The number of aromatic carboxylic acids is 1. The highest BCUT2D eigenvalue weighted by atomic mass is 19.2. The molecule has 2 aromatic rings. The summed E-state index contributed by atoms with van der Waals surface area (Å²) < 4.78 is 31.8. The van der Waals surface area contributed by atoms with Gasteiger partial charge in [0.05, 0.1) is 5.56 Å². The third-order valence-electron chi connectivity index (χ3n) is 2.74. The summed E-state index contributed by atoms with van der Waals surface area (Å²) >= 11 is 0. The van der Waals surface area contributed by atoms with Gasteiger partial charge >= 0.3 is 5.97 Å². The van der Waals surface area contributed by atoms with Crippen molar-refractivity contribution in [2.75, 3.05) is 0 Å². The van der Waals surface area contributed by atoms with Crippen molar-refractivity contribution < 1.29 is 23.4 Å². The van der Waals surface area contributed by atoms with Crippen LogP contribution in [0.3, 0.4) is 0 Å². The van der Waals surface area contributed by atoms with Gasteiger partial charge in [-0.15, -0.1) is 0 Å². The Bertz CT molecular complexity index is 674. The van der Waals surface area contributed by atoms with Crippen molar-refractivity contribution >= 4 is 5.97 Å². The monoisotopic (exact) mass is 293 g/mol.